The van der Waals surface area contributed by atoms with Crippen LogP contribution in [0.2, 0.25) is 0 Å². The highest BCUT2D eigenvalue weighted by molar-refractivity contribution is 6.18. The maximum atomic E-state index is 6.14. The Morgan fingerprint density at radius 1 is 1.21 bits per heavy atom. The first-order valence-electron chi connectivity index (χ1n) is 5.98. The van der Waals surface area contributed by atoms with Crippen molar-refractivity contribution in [3.63, 3.8) is 0 Å². The first-order valence-corrected chi connectivity index (χ1v) is 6.52. The van der Waals surface area contributed by atoms with Gasteiger partial charge in [-0.1, -0.05) is 25.7 Å². The molecule has 1 aliphatic carbocycles. The Hall–Kier alpha value is 0.250. The average Bonchev–Trinajstić information content (AvgIpc) is 2.72. The molecule has 1 unspecified atom stereocenters. The van der Waals surface area contributed by atoms with E-state index in [0.717, 1.165) is 25.0 Å². The molecule has 0 bridgehead atoms. The van der Waals surface area contributed by atoms with Crippen LogP contribution in [0.1, 0.15) is 44.9 Å². The van der Waals surface area contributed by atoms with Crippen LogP contribution in [0.3, 0.4) is 0 Å². The molecule has 2 aliphatic rings. The predicted molar refractivity (Wildman–Crippen MR) is 59.8 cm³/mol. The van der Waals surface area contributed by atoms with Crippen molar-refractivity contribution in [2.24, 2.45) is 11.3 Å². The van der Waals surface area contributed by atoms with Gasteiger partial charge in [-0.05, 0) is 25.2 Å². The molecule has 2 rings (SSSR count). The second-order valence-electron chi connectivity index (χ2n) is 5.14. The van der Waals surface area contributed by atoms with Crippen LogP contribution in [0.4, 0.5) is 0 Å². The Labute approximate surface area is 92.2 Å². The van der Waals surface area contributed by atoms with Gasteiger partial charge < -0.3 is 4.74 Å². The largest absolute Gasteiger partial charge is 0.381 e. The number of hydrogen-bond donors (Lipinski definition) is 0. The van der Waals surface area contributed by atoms with Gasteiger partial charge >= 0.3 is 0 Å². The maximum absolute atomic E-state index is 6.14. The summed E-state index contributed by atoms with van der Waals surface area (Å²) in [7, 11) is 0. The summed E-state index contributed by atoms with van der Waals surface area (Å²) in [6, 6.07) is 0. The first-order chi connectivity index (χ1) is 6.85. The third kappa shape index (κ3) is 2.43. The van der Waals surface area contributed by atoms with Gasteiger partial charge in [-0.2, -0.15) is 0 Å². The SMILES string of the molecule is ClCC1(CC2CCCC2)CCCOC1. The molecule has 1 atom stereocenters. The van der Waals surface area contributed by atoms with Crippen LogP contribution in [0.5, 0.6) is 0 Å². The van der Waals surface area contributed by atoms with Crippen molar-refractivity contribution in [2.75, 3.05) is 19.1 Å². The lowest BCUT2D eigenvalue weighted by molar-refractivity contribution is -0.00798. The van der Waals surface area contributed by atoms with Gasteiger partial charge in [0.05, 0.1) is 6.61 Å². The van der Waals surface area contributed by atoms with E-state index in [2.05, 4.69) is 0 Å². The summed E-state index contributed by atoms with van der Waals surface area (Å²) in [5.41, 5.74) is 0.328. The standard InChI is InChI=1S/C12H21ClO/c13-9-12(6-3-7-14-10-12)8-11-4-1-2-5-11/h11H,1-10H2. The third-order valence-corrected chi connectivity index (χ3v) is 4.45. The van der Waals surface area contributed by atoms with Crippen molar-refractivity contribution >= 4 is 11.6 Å². The smallest absolute Gasteiger partial charge is 0.0533 e. The zero-order valence-corrected chi connectivity index (χ0v) is 9.69. The number of halogens is 1. The Kier molecular flexibility index (Phi) is 3.73. The van der Waals surface area contributed by atoms with Gasteiger partial charge in [-0.15, -0.1) is 11.6 Å². The molecule has 0 aromatic heterocycles. The molecule has 0 aromatic rings. The molecule has 2 fully saturated rings. The molecule has 1 saturated carbocycles. The van der Waals surface area contributed by atoms with E-state index in [1.807, 2.05) is 0 Å². The molecule has 0 spiro atoms. The van der Waals surface area contributed by atoms with Crippen molar-refractivity contribution in [3.8, 4) is 0 Å². The Morgan fingerprint density at radius 3 is 2.57 bits per heavy atom. The van der Waals surface area contributed by atoms with E-state index in [1.165, 1.54) is 44.9 Å². The van der Waals surface area contributed by atoms with Gasteiger partial charge in [0.15, 0.2) is 0 Å². The first kappa shape index (κ1) is 10.8. The number of ether oxygens (including phenoxy) is 1. The molecule has 1 heterocycles. The summed E-state index contributed by atoms with van der Waals surface area (Å²) in [5.74, 6) is 1.74. The van der Waals surface area contributed by atoms with E-state index in [9.17, 15) is 0 Å². The Bertz CT molecular complexity index is 169. The molecule has 2 heteroatoms. The number of hydrogen-bond acceptors (Lipinski definition) is 1. The molecule has 1 aliphatic heterocycles. The van der Waals surface area contributed by atoms with E-state index in [4.69, 9.17) is 16.3 Å². The lowest BCUT2D eigenvalue weighted by atomic mass is 9.76. The zero-order valence-electron chi connectivity index (χ0n) is 8.93. The Morgan fingerprint density at radius 2 is 2.00 bits per heavy atom. The lowest BCUT2D eigenvalue weighted by Gasteiger charge is -2.37. The van der Waals surface area contributed by atoms with Crippen LogP contribution in [0, 0.1) is 11.3 Å². The summed E-state index contributed by atoms with van der Waals surface area (Å²) < 4.78 is 5.60. The van der Waals surface area contributed by atoms with E-state index in [-0.39, 0.29) is 0 Å². The maximum Gasteiger partial charge on any atom is 0.0533 e. The molecule has 1 nitrogen and oxygen atoms in total. The van der Waals surface area contributed by atoms with E-state index in [0.29, 0.717) is 5.41 Å². The zero-order chi connectivity index (χ0) is 9.86. The molecule has 0 amide bonds. The van der Waals surface area contributed by atoms with Crippen LogP contribution < -0.4 is 0 Å². The van der Waals surface area contributed by atoms with Crippen molar-refractivity contribution in [1.29, 1.82) is 0 Å². The van der Waals surface area contributed by atoms with Gasteiger partial charge in [0.25, 0.3) is 0 Å². The quantitative estimate of drug-likeness (QED) is 0.655. The lowest BCUT2D eigenvalue weighted by Crippen LogP contribution is -2.35. The molecule has 14 heavy (non-hydrogen) atoms. The highest BCUT2D eigenvalue weighted by atomic mass is 35.5. The van der Waals surface area contributed by atoms with E-state index in [1.54, 1.807) is 0 Å². The van der Waals surface area contributed by atoms with Gasteiger partial charge in [-0.3, -0.25) is 0 Å². The fourth-order valence-electron chi connectivity index (χ4n) is 3.06. The molecule has 82 valence electrons. The summed E-state index contributed by atoms with van der Waals surface area (Å²) in [6.07, 6.45) is 9.54. The molecular formula is C12H21ClO. The normalized spacial score (nSPS) is 34.9. The molecule has 0 aromatic carbocycles. The molecule has 0 N–H and O–H groups in total. The minimum absolute atomic E-state index is 0.328. The average molecular weight is 217 g/mol. The van der Waals surface area contributed by atoms with Gasteiger partial charge in [0.1, 0.15) is 0 Å². The minimum atomic E-state index is 0.328. The van der Waals surface area contributed by atoms with Crippen molar-refractivity contribution in [1.82, 2.24) is 0 Å². The highest BCUT2D eigenvalue weighted by Crippen LogP contribution is 2.41. The summed E-state index contributed by atoms with van der Waals surface area (Å²) in [4.78, 5) is 0. The fourth-order valence-corrected chi connectivity index (χ4v) is 3.38. The second-order valence-corrected chi connectivity index (χ2v) is 5.41. The van der Waals surface area contributed by atoms with Gasteiger partial charge in [0.2, 0.25) is 0 Å². The fraction of sp³-hybridized carbons (Fsp3) is 1.00. The van der Waals surface area contributed by atoms with Crippen molar-refractivity contribution < 1.29 is 4.74 Å². The number of rotatable bonds is 3. The van der Waals surface area contributed by atoms with Crippen molar-refractivity contribution in [3.05, 3.63) is 0 Å². The van der Waals surface area contributed by atoms with Crippen LogP contribution in [0.25, 0.3) is 0 Å². The summed E-state index contributed by atoms with van der Waals surface area (Å²) >= 11 is 6.14. The molecule has 0 radical (unpaired) electrons. The number of alkyl halides is 1. The summed E-state index contributed by atoms with van der Waals surface area (Å²) in [5, 5.41) is 0. The summed E-state index contributed by atoms with van der Waals surface area (Å²) in [6.45, 7) is 1.86. The van der Waals surface area contributed by atoms with Crippen LogP contribution in [0.15, 0.2) is 0 Å². The van der Waals surface area contributed by atoms with Crippen LogP contribution in [-0.2, 0) is 4.74 Å². The minimum Gasteiger partial charge on any atom is -0.381 e. The van der Waals surface area contributed by atoms with E-state index >= 15 is 0 Å². The molecular weight excluding hydrogens is 196 g/mol. The topological polar surface area (TPSA) is 9.23 Å². The van der Waals surface area contributed by atoms with Crippen molar-refractivity contribution in [2.45, 2.75) is 44.9 Å². The van der Waals surface area contributed by atoms with Crippen LogP contribution >= 0.6 is 11.6 Å². The predicted octanol–water partition coefficient (Wildman–Crippen LogP) is 3.60. The monoisotopic (exact) mass is 216 g/mol. The second kappa shape index (κ2) is 4.85. The molecule has 1 saturated heterocycles. The Balaban J connectivity index is 1.89. The third-order valence-electron chi connectivity index (χ3n) is 3.88. The van der Waals surface area contributed by atoms with Gasteiger partial charge in [0, 0.05) is 17.9 Å². The highest BCUT2D eigenvalue weighted by Gasteiger charge is 2.35. The van der Waals surface area contributed by atoms with E-state index < -0.39 is 0 Å². The van der Waals surface area contributed by atoms with Gasteiger partial charge in [-0.25, -0.2) is 0 Å². The van der Waals surface area contributed by atoms with Crippen LogP contribution in [-0.4, -0.2) is 19.1 Å².